The van der Waals surface area contributed by atoms with Crippen LogP contribution in [0.15, 0.2) is 23.1 Å². The Morgan fingerprint density at radius 1 is 1.23 bits per heavy atom. The third-order valence-electron chi connectivity index (χ3n) is 3.95. The van der Waals surface area contributed by atoms with E-state index in [4.69, 9.17) is 4.74 Å². The van der Waals surface area contributed by atoms with Crippen LogP contribution in [-0.4, -0.2) is 46.8 Å². The van der Waals surface area contributed by atoms with Crippen LogP contribution in [0.3, 0.4) is 0 Å². The maximum atomic E-state index is 13.6. The molecule has 0 radical (unpaired) electrons. The van der Waals surface area contributed by atoms with Gasteiger partial charge in [-0.3, -0.25) is 0 Å². The summed E-state index contributed by atoms with van der Waals surface area (Å²) in [6.07, 6.45) is 0. The van der Waals surface area contributed by atoms with Gasteiger partial charge >= 0.3 is 0 Å². The highest BCUT2D eigenvalue weighted by molar-refractivity contribution is 7.89. The Labute approximate surface area is 129 Å². The van der Waals surface area contributed by atoms with E-state index in [0.29, 0.717) is 13.2 Å². The minimum atomic E-state index is -4.24. The molecule has 0 spiro atoms. The SMILES string of the molecule is CC(C)(CNS(=O)(=O)c1c(F)cccc1F)[NH+]1CCOCC1. The maximum Gasteiger partial charge on any atom is 0.246 e. The third-order valence-corrected chi connectivity index (χ3v) is 5.40. The second-order valence-corrected chi connectivity index (χ2v) is 7.68. The van der Waals surface area contributed by atoms with E-state index in [-0.39, 0.29) is 6.54 Å². The number of hydrogen-bond donors (Lipinski definition) is 2. The molecule has 124 valence electrons. The van der Waals surface area contributed by atoms with Gasteiger partial charge in [0.15, 0.2) is 4.90 Å². The first-order valence-electron chi connectivity index (χ1n) is 7.11. The van der Waals surface area contributed by atoms with Crippen LogP contribution in [-0.2, 0) is 14.8 Å². The lowest BCUT2D eigenvalue weighted by Gasteiger charge is -2.37. The minimum absolute atomic E-state index is 0.0818. The predicted molar refractivity (Wildman–Crippen MR) is 77.1 cm³/mol. The Morgan fingerprint density at radius 2 is 1.77 bits per heavy atom. The highest BCUT2D eigenvalue weighted by Gasteiger charge is 2.34. The molecule has 5 nitrogen and oxygen atoms in total. The molecule has 1 heterocycles. The van der Waals surface area contributed by atoms with Crippen LogP contribution in [0.1, 0.15) is 13.8 Å². The first kappa shape index (κ1) is 17.3. The normalized spacial score (nSPS) is 17.6. The molecule has 1 aliphatic heterocycles. The molecular formula is C14H21F2N2O3S+. The molecule has 2 rings (SSSR count). The van der Waals surface area contributed by atoms with Crippen molar-refractivity contribution in [3.8, 4) is 0 Å². The fraction of sp³-hybridized carbons (Fsp3) is 0.571. The van der Waals surface area contributed by atoms with Crippen molar-refractivity contribution in [2.24, 2.45) is 0 Å². The van der Waals surface area contributed by atoms with Gasteiger partial charge in [0.2, 0.25) is 10.0 Å². The van der Waals surface area contributed by atoms with Crippen LogP contribution in [0.25, 0.3) is 0 Å². The van der Waals surface area contributed by atoms with Crippen molar-refractivity contribution in [2.45, 2.75) is 24.3 Å². The van der Waals surface area contributed by atoms with Gasteiger partial charge in [-0.15, -0.1) is 0 Å². The summed E-state index contributed by atoms with van der Waals surface area (Å²) < 4.78 is 59.2. The Kier molecular flexibility index (Phi) is 5.16. The molecule has 22 heavy (non-hydrogen) atoms. The zero-order valence-electron chi connectivity index (χ0n) is 12.7. The van der Waals surface area contributed by atoms with E-state index < -0.39 is 32.1 Å². The molecule has 1 saturated heterocycles. The maximum absolute atomic E-state index is 13.6. The second-order valence-electron chi connectivity index (χ2n) is 5.98. The molecule has 0 unspecified atom stereocenters. The fourth-order valence-corrected chi connectivity index (χ4v) is 3.85. The summed E-state index contributed by atoms with van der Waals surface area (Å²) in [5, 5.41) is 0. The van der Waals surface area contributed by atoms with Gasteiger partial charge in [0.25, 0.3) is 0 Å². The number of benzene rings is 1. The Balaban J connectivity index is 2.12. The monoisotopic (exact) mass is 335 g/mol. The van der Waals surface area contributed by atoms with Gasteiger partial charge in [0, 0.05) is 0 Å². The van der Waals surface area contributed by atoms with Gasteiger partial charge in [0.05, 0.1) is 19.8 Å². The lowest BCUT2D eigenvalue weighted by molar-refractivity contribution is -0.954. The number of sulfonamides is 1. The Morgan fingerprint density at radius 3 is 2.32 bits per heavy atom. The standard InChI is InChI=1S/C14H20F2N2O3S/c1-14(2,18-6-8-21-9-7-18)10-17-22(19,20)13-11(15)4-3-5-12(13)16/h3-5,17H,6-10H2,1-2H3/p+1. The topological polar surface area (TPSA) is 59.8 Å². The first-order valence-corrected chi connectivity index (χ1v) is 8.59. The summed E-state index contributed by atoms with van der Waals surface area (Å²) in [6.45, 7) is 6.67. The molecule has 0 bridgehead atoms. The number of ether oxygens (including phenoxy) is 1. The average Bonchev–Trinajstić information content (AvgIpc) is 2.46. The van der Waals surface area contributed by atoms with Crippen molar-refractivity contribution in [3.63, 3.8) is 0 Å². The average molecular weight is 335 g/mol. The molecule has 1 aromatic rings. The van der Waals surface area contributed by atoms with E-state index in [9.17, 15) is 17.2 Å². The number of rotatable bonds is 5. The molecule has 1 aliphatic rings. The molecule has 8 heteroatoms. The van der Waals surface area contributed by atoms with E-state index in [1.54, 1.807) is 0 Å². The molecule has 1 aromatic carbocycles. The molecule has 1 fully saturated rings. The van der Waals surface area contributed by atoms with Crippen LogP contribution in [0.5, 0.6) is 0 Å². The zero-order chi connectivity index (χ0) is 16.4. The summed E-state index contributed by atoms with van der Waals surface area (Å²) in [5.74, 6) is -2.19. The van der Waals surface area contributed by atoms with Gasteiger partial charge in [-0.05, 0) is 26.0 Å². The number of quaternary nitrogens is 1. The summed E-state index contributed by atoms with van der Waals surface area (Å²) in [5.41, 5.74) is -0.404. The smallest absolute Gasteiger partial charge is 0.246 e. The van der Waals surface area contributed by atoms with E-state index in [0.717, 1.165) is 31.3 Å². The number of halogens is 2. The second kappa shape index (κ2) is 6.57. The summed E-state index contributed by atoms with van der Waals surface area (Å²) >= 11 is 0. The predicted octanol–water partition coefficient (Wildman–Crippen LogP) is -0.0632. The first-order chi connectivity index (χ1) is 10.2. The largest absolute Gasteiger partial charge is 0.370 e. The van der Waals surface area contributed by atoms with E-state index >= 15 is 0 Å². The molecule has 0 aromatic heterocycles. The Bertz CT molecular complexity index is 609. The van der Waals surface area contributed by atoms with Crippen molar-refractivity contribution >= 4 is 10.0 Å². The molecule has 0 atom stereocenters. The molecule has 0 amide bonds. The summed E-state index contributed by atoms with van der Waals surface area (Å²) in [6, 6.07) is 2.98. The molecule has 0 saturated carbocycles. The third kappa shape index (κ3) is 3.81. The van der Waals surface area contributed by atoms with Gasteiger partial charge in [-0.1, -0.05) is 6.07 Å². The summed E-state index contributed by atoms with van der Waals surface area (Å²) in [7, 11) is -4.24. The van der Waals surface area contributed by atoms with E-state index in [2.05, 4.69) is 4.72 Å². The van der Waals surface area contributed by atoms with Crippen molar-refractivity contribution in [2.75, 3.05) is 32.8 Å². The number of morpholine rings is 1. The quantitative estimate of drug-likeness (QED) is 0.792. The molecule has 0 aliphatic carbocycles. The van der Waals surface area contributed by atoms with Crippen molar-refractivity contribution in [1.82, 2.24) is 4.72 Å². The molecule has 2 N–H and O–H groups in total. The van der Waals surface area contributed by atoms with Crippen LogP contribution in [0.2, 0.25) is 0 Å². The van der Waals surface area contributed by atoms with Gasteiger partial charge in [-0.25, -0.2) is 21.9 Å². The Hall–Kier alpha value is -1.09. The highest BCUT2D eigenvalue weighted by Crippen LogP contribution is 2.18. The van der Waals surface area contributed by atoms with Crippen LogP contribution in [0, 0.1) is 11.6 Å². The highest BCUT2D eigenvalue weighted by atomic mass is 32.2. The van der Waals surface area contributed by atoms with Gasteiger partial charge < -0.3 is 9.64 Å². The minimum Gasteiger partial charge on any atom is -0.370 e. The van der Waals surface area contributed by atoms with Crippen LogP contribution < -0.4 is 9.62 Å². The van der Waals surface area contributed by atoms with Crippen molar-refractivity contribution in [1.29, 1.82) is 0 Å². The summed E-state index contributed by atoms with van der Waals surface area (Å²) in [4.78, 5) is 0.262. The fourth-order valence-electron chi connectivity index (χ4n) is 2.51. The number of hydrogen-bond acceptors (Lipinski definition) is 3. The van der Waals surface area contributed by atoms with Crippen LogP contribution >= 0.6 is 0 Å². The van der Waals surface area contributed by atoms with Gasteiger partial charge in [0.1, 0.15) is 30.3 Å². The van der Waals surface area contributed by atoms with Crippen molar-refractivity contribution < 1.29 is 26.8 Å². The lowest BCUT2D eigenvalue weighted by atomic mass is 10.0. The van der Waals surface area contributed by atoms with E-state index in [1.807, 2.05) is 13.8 Å². The van der Waals surface area contributed by atoms with Gasteiger partial charge in [-0.2, -0.15) is 0 Å². The van der Waals surface area contributed by atoms with E-state index in [1.165, 1.54) is 4.90 Å². The zero-order valence-corrected chi connectivity index (χ0v) is 13.5. The van der Waals surface area contributed by atoms with Crippen LogP contribution in [0.4, 0.5) is 8.78 Å². The van der Waals surface area contributed by atoms with Crippen molar-refractivity contribution in [3.05, 3.63) is 29.8 Å². The lowest BCUT2D eigenvalue weighted by Crippen LogP contribution is -3.22. The number of nitrogens with one attached hydrogen (secondary N) is 2. The molecular weight excluding hydrogens is 314 g/mol.